The number of fused-ring (bicyclic) bond motifs is 1. The summed E-state index contributed by atoms with van der Waals surface area (Å²) in [6.45, 7) is 2.01. The molecular formula is C15H16O3. The Kier molecular flexibility index (Phi) is 3.17. The number of rotatable bonds is 2. The van der Waals surface area contributed by atoms with Gasteiger partial charge in [-0.3, -0.25) is 0 Å². The molecule has 94 valence electrons. The van der Waals surface area contributed by atoms with Crippen molar-refractivity contribution in [3.8, 4) is 5.75 Å². The van der Waals surface area contributed by atoms with Crippen LogP contribution in [0.4, 0.5) is 0 Å². The molecule has 1 unspecified atom stereocenters. The molecule has 1 aliphatic rings. The minimum atomic E-state index is 0.0604. The lowest BCUT2D eigenvalue weighted by Crippen LogP contribution is -2.21. The minimum absolute atomic E-state index is 0.0604. The molecule has 0 amide bonds. The van der Waals surface area contributed by atoms with Crippen molar-refractivity contribution in [2.45, 2.75) is 6.10 Å². The molecule has 3 nitrogen and oxygen atoms in total. The van der Waals surface area contributed by atoms with E-state index in [1.165, 1.54) is 16.3 Å². The predicted molar refractivity (Wildman–Crippen MR) is 70.0 cm³/mol. The van der Waals surface area contributed by atoms with Gasteiger partial charge >= 0.3 is 0 Å². The van der Waals surface area contributed by atoms with E-state index in [2.05, 4.69) is 24.3 Å². The van der Waals surface area contributed by atoms with Crippen molar-refractivity contribution in [1.82, 2.24) is 0 Å². The van der Waals surface area contributed by atoms with E-state index in [-0.39, 0.29) is 6.10 Å². The first kappa shape index (κ1) is 11.5. The maximum absolute atomic E-state index is 5.71. The molecule has 0 aliphatic carbocycles. The van der Waals surface area contributed by atoms with Crippen LogP contribution in [0.3, 0.4) is 0 Å². The van der Waals surface area contributed by atoms with Crippen LogP contribution in [0.25, 0.3) is 10.8 Å². The van der Waals surface area contributed by atoms with Gasteiger partial charge in [0.25, 0.3) is 0 Å². The van der Waals surface area contributed by atoms with Gasteiger partial charge in [-0.05, 0) is 34.5 Å². The Labute approximate surface area is 106 Å². The minimum Gasteiger partial charge on any atom is -0.497 e. The first-order valence-corrected chi connectivity index (χ1v) is 6.14. The Morgan fingerprint density at radius 3 is 2.67 bits per heavy atom. The summed E-state index contributed by atoms with van der Waals surface area (Å²) in [6.07, 6.45) is 0.0604. The van der Waals surface area contributed by atoms with Gasteiger partial charge in [0.15, 0.2) is 0 Å². The van der Waals surface area contributed by atoms with Crippen molar-refractivity contribution in [2.75, 3.05) is 26.9 Å². The van der Waals surface area contributed by atoms with Crippen LogP contribution in [0.5, 0.6) is 5.75 Å². The summed E-state index contributed by atoms with van der Waals surface area (Å²) in [4.78, 5) is 0. The van der Waals surface area contributed by atoms with Gasteiger partial charge in [0.2, 0.25) is 0 Å². The van der Waals surface area contributed by atoms with E-state index in [9.17, 15) is 0 Å². The maximum atomic E-state index is 5.71. The lowest BCUT2D eigenvalue weighted by molar-refractivity contribution is -0.0901. The van der Waals surface area contributed by atoms with E-state index < -0.39 is 0 Å². The highest BCUT2D eigenvalue weighted by atomic mass is 16.6. The summed E-state index contributed by atoms with van der Waals surface area (Å²) in [6, 6.07) is 12.4. The van der Waals surface area contributed by atoms with Crippen LogP contribution in [-0.4, -0.2) is 26.9 Å². The Bertz CT molecular complexity index is 544. The molecule has 0 aromatic heterocycles. The fraction of sp³-hybridized carbons (Fsp3) is 0.333. The van der Waals surface area contributed by atoms with Crippen LogP contribution in [0.15, 0.2) is 36.4 Å². The van der Waals surface area contributed by atoms with Crippen molar-refractivity contribution in [3.05, 3.63) is 42.0 Å². The fourth-order valence-electron chi connectivity index (χ4n) is 2.25. The standard InChI is InChI=1S/C15H16O3/c1-16-14-5-4-11-8-13(3-2-12(11)9-14)15-10-17-6-7-18-15/h2-5,8-9,15H,6-7,10H2,1H3. The second-order valence-corrected chi connectivity index (χ2v) is 4.41. The van der Waals surface area contributed by atoms with Gasteiger partial charge in [-0.1, -0.05) is 18.2 Å². The van der Waals surface area contributed by atoms with E-state index in [0.717, 1.165) is 5.75 Å². The van der Waals surface area contributed by atoms with Crippen molar-refractivity contribution in [2.24, 2.45) is 0 Å². The van der Waals surface area contributed by atoms with Crippen molar-refractivity contribution >= 4 is 10.8 Å². The Morgan fingerprint density at radius 1 is 1.06 bits per heavy atom. The molecule has 1 fully saturated rings. The predicted octanol–water partition coefficient (Wildman–Crippen LogP) is 2.94. The number of ether oxygens (including phenoxy) is 3. The lowest BCUT2D eigenvalue weighted by Gasteiger charge is -2.23. The summed E-state index contributed by atoms with van der Waals surface area (Å²) in [5.74, 6) is 0.882. The third-order valence-corrected chi connectivity index (χ3v) is 3.26. The second kappa shape index (κ2) is 4.96. The quantitative estimate of drug-likeness (QED) is 0.813. The van der Waals surface area contributed by atoms with Crippen LogP contribution >= 0.6 is 0 Å². The van der Waals surface area contributed by atoms with Crippen LogP contribution < -0.4 is 4.74 Å². The van der Waals surface area contributed by atoms with Crippen molar-refractivity contribution < 1.29 is 14.2 Å². The van der Waals surface area contributed by atoms with Gasteiger partial charge in [-0.2, -0.15) is 0 Å². The van der Waals surface area contributed by atoms with E-state index in [4.69, 9.17) is 14.2 Å². The summed E-state index contributed by atoms with van der Waals surface area (Å²) in [5.41, 5.74) is 1.17. The van der Waals surface area contributed by atoms with Crippen molar-refractivity contribution in [3.63, 3.8) is 0 Å². The summed E-state index contributed by atoms with van der Waals surface area (Å²) < 4.78 is 16.4. The summed E-state index contributed by atoms with van der Waals surface area (Å²) in [5, 5.41) is 2.37. The monoisotopic (exact) mass is 244 g/mol. The molecule has 3 heteroatoms. The third-order valence-electron chi connectivity index (χ3n) is 3.26. The number of benzene rings is 2. The highest BCUT2D eigenvalue weighted by Crippen LogP contribution is 2.27. The van der Waals surface area contributed by atoms with Gasteiger partial charge in [-0.15, -0.1) is 0 Å². The topological polar surface area (TPSA) is 27.7 Å². The lowest BCUT2D eigenvalue weighted by atomic mass is 10.0. The van der Waals surface area contributed by atoms with Crippen molar-refractivity contribution in [1.29, 1.82) is 0 Å². The Hall–Kier alpha value is -1.58. The van der Waals surface area contributed by atoms with Gasteiger partial charge in [0.05, 0.1) is 26.9 Å². The zero-order chi connectivity index (χ0) is 12.4. The molecule has 1 saturated heterocycles. The molecule has 2 aromatic carbocycles. The van der Waals surface area contributed by atoms with Crippen LogP contribution in [0, 0.1) is 0 Å². The average molecular weight is 244 g/mol. The first-order chi connectivity index (χ1) is 8.86. The average Bonchev–Trinajstić information content (AvgIpc) is 2.47. The molecular weight excluding hydrogens is 228 g/mol. The van der Waals surface area contributed by atoms with E-state index in [0.29, 0.717) is 19.8 Å². The molecule has 0 radical (unpaired) electrons. The molecule has 18 heavy (non-hydrogen) atoms. The zero-order valence-electron chi connectivity index (χ0n) is 10.4. The van der Waals surface area contributed by atoms with Gasteiger partial charge in [-0.25, -0.2) is 0 Å². The Balaban J connectivity index is 1.95. The van der Waals surface area contributed by atoms with Gasteiger partial charge < -0.3 is 14.2 Å². The number of methoxy groups -OCH3 is 1. The summed E-state index contributed by atoms with van der Waals surface area (Å²) >= 11 is 0. The highest BCUT2D eigenvalue weighted by molar-refractivity contribution is 5.84. The van der Waals surface area contributed by atoms with Crippen LogP contribution in [0.2, 0.25) is 0 Å². The highest BCUT2D eigenvalue weighted by Gasteiger charge is 2.16. The molecule has 3 rings (SSSR count). The number of hydrogen-bond donors (Lipinski definition) is 0. The molecule has 0 bridgehead atoms. The molecule has 2 aromatic rings. The third kappa shape index (κ3) is 2.19. The van der Waals surface area contributed by atoms with E-state index >= 15 is 0 Å². The van der Waals surface area contributed by atoms with Crippen LogP contribution in [-0.2, 0) is 9.47 Å². The molecule has 1 aliphatic heterocycles. The first-order valence-electron chi connectivity index (χ1n) is 6.14. The smallest absolute Gasteiger partial charge is 0.119 e. The van der Waals surface area contributed by atoms with Gasteiger partial charge in [0.1, 0.15) is 11.9 Å². The molecule has 0 spiro atoms. The maximum Gasteiger partial charge on any atom is 0.119 e. The second-order valence-electron chi connectivity index (χ2n) is 4.41. The van der Waals surface area contributed by atoms with Gasteiger partial charge in [0, 0.05) is 0 Å². The Morgan fingerprint density at radius 2 is 1.89 bits per heavy atom. The summed E-state index contributed by atoms with van der Waals surface area (Å²) in [7, 11) is 1.68. The largest absolute Gasteiger partial charge is 0.497 e. The fourth-order valence-corrected chi connectivity index (χ4v) is 2.25. The zero-order valence-corrected chi connectivity index (χ0v) is 10.4. The molecule has 0 N–H and O–H groups in total. The SMILES string of the molecule is COc1ccc2cc(C3COCCO3)ccc2c1. The normalized spacial score (nSPS) is 19.9. The number of hydrogen-bond acceptors (Lipinski definition) is 3. The van der Waals surface area contributed by atoms with E-state index in [1.807, 2.05) is 12.1 Å². The van der Waals surface area contributed by atoms with Crippen LogP contribution in [0.1, 0.15) is 11.7 Å². The van der Waals surface area contributed by atoms with E-state index in [1.54, 1.807) is 7.11 Å². The molecule has 0 saturated carbocycles. The molecule has 1 atom stereocenters. The molecule has 1 heterocycles.